The van der Waals surface area contributed by atoms with Gasteiger partial charge < -0.3 is 5.11 Å². The summed E-state index contributed by atoms with van der Waals surface area (Å²) in [5, 5.41) is 11.1. The first kappa shape index (κ1) is 11.1. The van der Waals surface area contributed by atoms with Crippen LogP contribution in [0.25, 0.3) is 23.2 Å². The molecule has 2 rings (SSSR count). The van der Waals surface area contributed by atoms with E-state index in [-0.39, 0.29) is 5.75 Å². The van der Waals surface area contributed by atoms with Crippen molar-refractivity contribution < 1.29 is 5.11 Å². The molecule has 3 heteroatoms. The molecule has 84 valence electrons. The quantitative estimate of drug-likeness (QED) is 0.835. The molecule has 1 aromatic heterocycles. The van der Waals surface area contributed by atoms with Gasteiger partial charge in [-0.25, -0.2) is 9.97 Å². The number of allylic oxidation sites excluding steroid dienone is 2. The summed E-state index contributed by atoms with van der Waals surface area (Å²) in [4.78, 5) is 8.78. The first-order chi connectivity index (χ1) is 8.26. The zero-order valence-corrected chi connectivity index (χ0v) is 9.30. The fourth-order valence-corrected chi connectivity index (χ4v) is 1.56. The molecule has 0 saturated carbocycles. The van der Waals surface area contributed by atoms with Crippen molar-refractivity contribution in [1.29, 1.82) is 0 Å². The van der Waals surface area contributed by atoms with E-state index in [2.05, 4.69) is 23.1 Å². The summed E-state index contributed by atoms with van der Waals surface area (Å²) in [5.41, 5.74) is 1.14. The molecule has 0 aliphatic carbocycles. The molecule has 0 unspecified atom stereocenters. The standard InChI is InChI=1S/C14H12N2O/c1-3-6-10-11(7-4-2)16-14-12(15-10)8-5-9-13(14)17/h3-9,17H,1-2H2/b10-6+,11-7+. The second-order valence-electron chi connectivity index (χ2n) is 3.44. The van der Waals surface area contributed by atoms with Crippen molar-refractivity contribution >= 4 is 23.2 Å². The number of para-hydroxylation sites is 1. The highest BCUT2D eigenvalue weighted by Crippen LogP contribution is 2.17. The van der Waals surface area contributed by atoms with E-state index in [0.29, 0.717) is 21.7 Å². The highest BCUT2D eigenvalue weighted by molar-refractivity contribution is 5.80. The van der Waals surface area contributed by atoms with Gasteiger partial charge in [0.25, 0.3) is 0 Å². The summed E-state index contributed by atoms with van der Waals surface area (Å²) >= 11 is 0. The number of rotatable bonds is 2. The van der Waals surface area contributed by atoms with Gasteiger partial charge in [-0.2, -0.15) is 0 Å². The van der Waals surface area contributed by atoms with Crippen molar-refractivity contribution in [3.8, 4) is 5.75 Å². The van der Waals surface area contributed by atoms with Gasteiger partial charge in [0.1, 0.15) is 11.3 Å². The van der Waals surface area contributed by atoms with Gasteiger partial charge in [-0.05, 0) is 24.3 Å². The minimum Gasteiger partial charge on any atom is -0.506 e. The van der Waals surface area contributed by atoms with Gasteiger partial charge in [0.15, 0.2) is 0 Å². The lowest BCUT2D eigenvalue weighted by Crippen LogP contribution is -2.31. The summed E-state index contributed by atoms with van der Waals surface area (Å²) in [7, 11) is 0. The second kappa shape index (κ2) is 4.61. The van der Waals surface area contributed by atoms with Gasteiger partial charge in [-0.1, -0.05) is 31.4 Å². The molecule has 0 aliphatic rings. The Morgan fingerprint density at radius 3 is 2.29 bits per heavy atom. The Hall–Kier alpha value is -2.42. The van der Waals surface area contributed by atoms with Crippen LogP contribution in [0.4, 0.5) is 0 Å². The van der Waals surface area contributed by atoms with E-state index in [0.717, 1.165) is 0 Å². The number of benzene rings is 1. The highest BCUT2D eigenvalue weighted by Gasteiger charge is 2.01. The molecule has 17 heavy (non-hydrogen) atoms. The SMILES string of the molecule is C=C/C=c1/nc2cccc(O)c2n/c1=C/C=C. The van der Waals surface area contributed by atoms with Crippen LogP contribution in [0.15, 0.2) is 43.5 Å². The third-order valence-electron chi connectivity index (χ3n) is 2.28. The third-order valence-corrected chi connectivity index (χ3v) is 2.28. The van der Waals surface area contributed by atoms with Crippen molar-refractivity contribution in [2.75, 3.05) is 0 Å². The molecule has 0 bridgehead atoms. The van der Waals surface area contributed by atoms with Crippen molar-refractivity contribution in [2.45, 2.75) is 0 Å². The van der Waals surface area contributed by atoms with E-state index in [1.165, 1.54) is 0 Å². The predicted octanol–water partition coefficient (Wildman–Crippen LogP) is 1.27. The largest absolute Gasteiger partial charge is 0.506 e. The van der Waals surface area contributed by atoms with Crippen LogP contribution in [0, 0.1) is 0 Å². The lowest BCUT2D eigenvalue weighted by atomic mass is 10.2. The summed E-state index contributed by atoms with van der Waals surface area (Å²) in [5.74, 6) is 0.124. The molecule has 0 radical (unpaired) electrons. The first-order valence-electron chi connectivity index (χ1n) is 5.17. The molecule has 0 aliphatic heterocycles. The molecule has 1 aromatic carbocycles. The third kappa shape index (κ3) is 2.08. The monoisotopic (exact) mass is 224 g/mol. The number of phenols is 1. The molecular formula is C14H12N2O. The van der Waals surface area contributed by atoms with E-state index in [9.17, 15) is 5.11 Å². The van der Waals surface area contributed by atoms with Gasteiger partial charge in [0.2, 0.25) is 0 Å². The summed E-state index contributed by atoms with van der Waals surface area (Å²) < 4.78 is 0. The second-order valence-corrected chi connectivity index (χ2v) is 3.44. The van der Waals surface area contributed by atoms with E-state index in [4.69, 9.17) is 0 Å². The molecular weight excluding hydrogens is 212 g/mol. The minimum absolute atomic E-state index is 0.124. The lowest BCUT2D eigenvalue weighted by molar-refractivity contribution is 0.480. The van der Waals surface area contributed by atoms with Crippen molar-refractivity contribution in [3.05, 3.63) is 54.2 Å². The minimum atomic E-state index is 0.124. The van der Waals surface area contributed by atoms with Crippen LogP contribution in [-0.4, -0.2) is 15.1 Å². The van der Waals surface area contributed by atoms with E-state index >= 15 is 0 Å². The molecule has 0 fully saturated rings. The topological polar surface area (TPSA) is 46.0 Å². The molecule has 0 saturated heterocycles. The highest BCUT2D eigenvalue weighted by atomic mass is 16.3. The fourth-order valence-electron chi connectivity index (χ4n) is 1.56. The number of hydrogen-bond acceptors (Lipinski definition) is 3. The average Bonchev–Trinajstić information content (AvgIpc) is 2.32. The molecule has 1 heterocycles. The molecule has 0 atom stereocenters. The Morgan fingerprint density at radius 1 is 1.00 bits per heavy atom. The maximum absolute atomic E-state index is 9.71. The van der Waals surface area contributed by atoms with Crippen molar-refractivity contribution in [2.24, 2.45) is 0 Å². The fraction of sp³-hybridized carbons (Fsp3) is 0. The van der Waals surface area contributed by atoms with Crippen LogP contribution in [0.5, 0.6) is 5.75 Å². The number of phenolic OH excluding ortho intramolecular Hbond substituents is 1. The Kier molecular flexibility index (Phi) is 3.01. The summed E-state index contributed by atoms with van der Waals surface area (Å²) in [6, 6.07) is 5.13. The van der Waals surface area contributed by atoms with Crippen LogP contribution < -0.4 is 10.7 Å². The van der Waals surface area contributed by atoms with Gasteiger partial charge in [-0.3, -0.25) is 0 Å². The number of aromatic nitrogens is 2. The maximum atomic E-state index is 9.71. The van der Waals surface area contributed by atoms with Crippen molar-refractivity contribution in [1.82, 2.24) is 9.97 Å². The first-order valence-corrected chi connectivity index (χ1v) is 5.17. The van der Waals surface area contributed by atoms with Gasteiger partial charge in [0, 0.05) is 0 Å². The van der Waals surface area contributed by atoms with E-state index in [1.54, 1.807) is 42.5 Å². The van der Waals surface area contributed by atoms with Crippen molar-refractivity contribution in [3.63, 3.8) is 0 Å². The van der Waals surface area contributed by atoms with Gasteiger partial charge in [0.05, 0.1) is 16.2 Å². The number of aromatic hydroxyl groups is 1. The van der Waals surface area contributed by atoms with Crippen LogP contribution in [0.1, 0.15) is 0 Å². The maximum Gasteiger partial charge on any atom is 0.143 e. The normalized spacial score (nSPS) is 12.9. The Morgan fingerprint density at radius 2 is 1.65 bits per heavy atom. The molecule has 0 amide bonds. The molecule has 2 aromatic rings. The number of hydrogen-bond donors (Lipinski definition) is 1. The predicted molar refractivity (Wildman–Crippen MR) is 69.8 cm³/mol. The summed E-state index contributed by atoms with van der Waals surface area (Å²) in [6.45, 7) is 7.28. The van der Waals surface area contributed by atoms with Crippen LogP contribution in [0.3, 0.4) is 0 Å². The number of fused-ring (bicyclic) bond motifs is 1. The van der Waals surface area contributed by atoms with Gasteiger partial charge >= 0.3 is 0 Å². The van der Waals surface area contributed by atoms with E-state index < -0.39 is 0 Å². The zero-order chi connectivity index (χ0) is 12.3. The lowest BCUT2D eigenvalue weighted by Gasteiger charge is -1.99. The molecule has 1 N–H and O–H groups in total. The Labute approximate surface area is 98.8 Å². The molecule has 3 nitrogen and oxygen atoms in total. The van der Waals surface area contributed by atoms with Crippen LogP contribution >= 0.6 is 0 Å². The van der Waals surface area contributed by atoms with Crippen LogP contribution in [0.2, 0.25) is 0 Å². The van der Waals surface area contributed by atoms with Gasteiger partial charge in [-0.15, -0.1) is 0 Å². The number of nitrogens with zero attached hydrogens (tertiary/aromatic N) is 2. The summed E-state index contributed by atoms with van der Waals surface area (Å²) in [6.07, 6.45) is 6.80. The van der Waals surface area contributed by atoms with E-state index in [1.807, 2.05) is 0 Å². The Bertz CT molecular complexity index is 702. The molecule has 0 spiro atoms. The Balaban J connectivity index is 2.97. The van der Waals surface area contributed by atoms with Crippen LogP contribution in [-0.2, 0) is 0 Å². The average molecular weight is 224 g/mol. The smallest absolute Gasteiger partial charge is 0.143 e. The zero-order valence-electron chi connectivity index (χ0n) is 9.30.